The number of nitrogens with zero attached hydrogens (tertiary/aromatic N) is 3. The van der Waals surface area contributed by atoms with Crippen molar-refractivity contribution in [3.63, 3.8) is 0 Å². The Morgan fingerprint density at radius 3 is 3.08 bits per heavy atom. The highest BCUT2D eigenvalue weighted by atomic mass is 16.5. The molecule has 3 rings (SSSR count). The van der Waals surface area contributed by atoms with Crippen LogP contribution in [-0.2, 0) is 16.6 Å². The number of hydrogen-bond donors (Lipinski definition) is 1. The molecular formula is C18H28N4O3. The fourth-order valence-corrected chi connectivity index (χ4v) is 3.71. The largest absolute Gasteiger partial charge is 0.378 e. The Kier molecular flexibility index (Phi) is 5.73. The molecule has 2 saturated heterocycles. The molecule has 7 heteroatoms. The lowest BCUT2D eigenvalue weighted by Crippen LogP contribution is -2.51. The normalized spacial score (nSPS) is 27.1. The zero-order valence-corrected chi connectivity index (χ0v) is 15.1. The summed E-state index contributed by atoms with van der Waals surface area (Å²) in [5.41, 5.74) is -0.0929. The molecule has 3 atom stereocenters. The van der Waals surface area contributed by atoms with Crippen molar-refractivity contribution < 1.29 is 9.53 Å². The minimum absolute atomic E-state index is 0.0387. The molecule has 2 aliphatic heterocycles. The average Bonchev–Trinajstić information content (AvgIpc) is 2.64. The number of carbonyl (C=O) groups is 1. The van der Waals surface area contributed by atoms with Crippen LogP contribution in [0.1, 0.15) is 39.0 Å². The number of amides is 1. The predicted octanol–water partition coefficient (Wildman–Crippen LogP) is 1.07. The third kappa shape index (κ3) is 4.21. The quantitative estimate of drug-likeness (QED) is 0.881. The minimum atomic E-state index is -0.0929. The second-order valence-corrected chi connectivity index (χ2v) is 7.08. The van der Waals surface area contributed by atoms with Gasteiger partial charge in [0.15, 0.2) is 5.82 Å². The zero-order chi connectivity index (χ0) is 17.8. The number of carbonyl (C=O) groups excluding carboxylic acids is 1. The predicted molar refractivity (Wildman–Crippen MR) is 95.6 cm³/mol. The van der Waals surface area contributed by atoms with Crippen LogP contribution < -0.4 is 15.8 Å². The first-order valence-electron chi connectivity index (χ1n) is 9.27. The van der Waals surface area contributed by atoms with Crippen LogP contribution in [0.15, 0.2) is 17.2 Å². The van der Waals surface area contributed by atoms with Crippen LogP contribution in [0.3, 0.4) is 0 Å². The smallest absolute Gasteiger partial charge is 0.293 e. The summed E-state index contributed by atoms with van der Waals surface area (Å²) >= 11 is 0. The van der Waals surface area contributed by atoms with E-state index in [0.717, 1.165) is 38.6 Å². The Balaban J connectivity index is 1.61. The molecule has 0 aliphatic carbocycles. The molecule has 1 aromatic rings. The van der Waals surface area contributed by atoms with E-state index < -0.39 is 0 Å². The van der Waals surface area contributed by atoms with Crippen molar-refractivity contribution in [3.05, 3.63) is 22.7 Å². The van der Waals surface area contributed by atoms with Gasteiger partial charge >= 0.3 is 0 Å². The van der Waals surface area contributed by atoms with Crippen molar-refractivity contribution in [2.45, 2.75) is 51.2 Å². The van der Waals surface area contributed by atoms with Crippen molar-refractivity contribution >= 4 is 11.7 Å². The molecule has 7 nitrogen and oxygen atoms in total. The van der Waals surface area contributed by atoms with E-state index in [0.29, 0.717) is 19.0 Å². The van der Waals surface area contributed by atoms with Gasteiger partial charge in [0.2, 0.25) is 5.91 Å². The molecular weight excluding hydrogens is 320 g/mol. The number of nitrogens with one attached hydrogen (secondary N) is 1. The number of piperidine rings is 1. The third-order valence-electron chi connectivity index (χ3n) is 5.26. The van der Waals surface area contributed by atoms with Crippen molar-refractivity contribution in [3.8, 4) is 0 Å². The topological polar surface area (TPSA) is 76.5 Å². The van der Waals surface area contributed by atoms with Crippen LogP contribution in [0, 0.1) is 5.92 Å². The Morgan fingerprint density at radius 1 is 1.44 bits per heavy atom. The van der Waals surface area contributed by atoms with Gasteiger partial charge in [-0.1, -0.05) is 6.92 Å². The number of aryl methyl sites for hydroxylation is 1. The average molecular weight is 348 g/mol. The Labute approximate surface area is 148 Å². The van der Waals surface area contributed by atoms with Gasteiger partial charge in [0, 0.05) is 51.1 Å². The molecule has 2 aliphatic rings. The van der Waals surface area contributed by atoms with Crippen LogP contribution >= 0.6 is 0 Å². The zero-order valence-electron chi connectivity index (χ0n) is 15.1. The maximum Gasteiger partial charge on any atom is 0.293 e. The SMILES string of the molecule is CC[C@@H]1C[C@@H](C(=O)N[C@H]2CCCN(c3nccn(C)c3=O)C2)CCO1. The molecule has 0 unspecified atom stereocenters. The van der Waals surface area contributed by atoms with Crippen LogP contribution in [0.25, 0.3) is 0 Å². The third-order valence-corrected chi connectivity index (χ3v) is 5.26. The lowest BCUT2D eigenvalue weighted by molar-refractivity contribution is -0.130. The number of rotatable bonds is 4. The first kappa shape index (κ1) is 17.9. The van der Waals surface area contributed by atoms with Gasteiger partial charge in [-0.25, -0.2) is 4.98 Å². The molecule has 0 saturated carbocycles. The number of aromatic nitrogens is 2. The molecule has 25 heavy (non-hydrogen) atoms. The molecule has 0 bridgehead atoms. The van der Waals surface area contributed by atoms with E-state index in [1.807, 2.05) is 4.90 Å². The van der Waals surface area contributed by atoms with E-state index in [9.17, 15) is 9.59 Å². The highest BCUT2D eigenvalue weighted by Crippen LogP contribution is 2.23. The van der Waals surface area contributed by atoms with Crippen LogP contribution in [0.4, 0.5) is 5.82 Å². The lowest BCUT2D eigenvalue weighted by atomic mass is 9.93. The van der Waals surface area contributed by atoms with E-state index >= 15 is 0 Å². The van der Waals surface area contributed by atoms with Gasteiger partial charge in [-0.2, -0.15) is 0 Å². The van der Waals surface area contributed by atoms with E-state index in [4.69, 9.17) is 4.74 Å². The van der Waals surface area contributed by atoms with Gasteiger partial charge in [-0.05, 0) is 32.1 Å². The van der Waals surface area contributed by atoms with E-state index in [2.05, 4.69) is 17.2 Å². The number of ether oxygens (including phenoxy) is 1. The molecule has 3 heterocycles. The Hall–Kier alpha value is -1.89. The van der Waals surface area contributed by atoms with E-state index in [1.54, 1.807) is 19.4 Å². The van der Waals surface area contributed by atoms with Crippen molar-refractivity contribution in [1.29, 1.82) is 0 Å². The summed E-state index contributed by atoms with van der Waals surface area (Å²) in [6.07, 6.45) is 7.93. The van der Waals surface area contributed by atoms with Crippen molar-refractivity contribution in [1.82, 2.24) is 14.9 Å². The second-order valence-electron chi connectivity index (χ2n) is 7.08. The van der Waals surface area contributed by atoms with Crippen LogP contribution in [-0.4, -0.2) is 47.3 Å². The molecule has 1 N–H and O–H groups in total. The van der Waals surface area contributed by atoms with Gasteiger partial charge in [0.05, 0.1) is 6.10 Å². The molecule has 138 valence electrons. The summed E-state index contributed by atoms with van der Waals surface area (Å²) in [7, 11) is 1.73. The summed E-state index contributed by atoms with van der Waals surface area (Å²) in [5, 5.41) is 3.19. The maximum atomic E-state index is 12.6. The molecule has 0 radical (unpaired) electrons. The van der Waals surface area contributed by atoms with Crippen LogP contribution in [0.5, 0.6) is 0 Å². The first-order valence-corrected chi connectivity index (χ1v) is 9.27. The number of hydrogen-bond acceptors (Lipinski definition) is 5. The summed E-state index contributed by atoms with van der Waals surface area (Å²) in [5.74, 6) is 0.639. The summed E-state index contributed by atoms with van der Waals surface area (Å²) in [6.45, 7) is 4.20. The van der Waals surface area contributed by atoms with E-state index in [-0.39, 0.29) is 29.5 Å². The molecule has 0 aromatic carbocycles. The Morgan fingerprint density at radius 2 is 2.28 bits per heavy atom. The van der Waals surface area contributed by atoms with Crippen LogP contribution in [0.2, 0.25) is 0 Å². The fraction of sp³-hybridized carbons (Fsp3) is 0.722. The fourth-order valence-electron chi connectivity index (χ4n) is 3.71. The Bertz CT molecular complexity index is 660. The van der Waals surface area contributed by atoms with Gasteiger partial charge in [-0.15, -0.1) is 0 Å². The summed E-state index contributed by atoms with van der Waals surface area (Å²) in [6, 6.07) is 0.0656. The molecule has 2 fully saturated rings. The highest BCUT2D eigenvalue weighted by molar-refractivity contribution is 5.79. The molecule has 1 amide bonds. The minimum Gasteiger partial charge on any atom is -0.378 e. The summed E-state index contributed by atoms with van der Waals surface area (Å²) in [4.78, 5) is 31.1. The van der Waals surface area contributed by atoms with Crippen molar-refractivity contribution in [2.24, 2.45) is 13.0 Å². The van der Waals surface area contributed by atoms with Crippen molar-refractivity contribution in [2.75, 3.05) is 24.6 Å². The first-order chi connectivity index (χ1) is 12.1. The highest BCUT2D eigenvalue weighted by Gasteiger charge is 2.30. The van der Waals surface area contributed by atoms with Gasteiger partial charge in [0.1, 0.15) is 0 Å². The van der Waals surface area contributed by atoms with Gasteiger partial charge < -0.3 is 19.5 Å². The van der Waals surface area contributed by atoms with Gasteiger partial charge in [-0.3, -0.25) is 9.59 Å². The standard InChI is InChI=1S/C18H28N4O3/c1-3-15-11-13(6-10-25-15)17(23)20-14-5-4-8-22(12-14)16-18(24)21(2)9-7-19-16/h7,9,13-15H,3-6,8,10-12H2,1-2H3,(H,20,23)/t13-,14-,15+/m0/s1. The molecule has 0 spiro atoms. The van der Waals surface area contributed by atoms with E-state index in [1.165, 1.54) is 4.57 Å². The molecule has 1 aromatic heterocycles. The monoisotopic (exact) mass is 348 g/mol. The number of anilines is 1. The maximum absolute atomic E-state index is 12.6. The lowest BCUT2D eigenvalue weighted by Gasteiger charge is -2.35. The van der Waals surface area contributed by atoms with Gasteiger partial charge in [0.25, 0.3) is 5.56 Å². The second kappa shape index (κ2) is 7.99. The summed E-state index contributed by atoms with van der Waals surface area (Å²) < 4.78 is 7.20.